The van der Waals surface area contributed by atoms with E-state index in [0.717, 1.165) is 9.87 Å². The number of aryl methyl sites for hydroxylation is 1. The molecule has 5 heteroatoms. The molecule has 0 fully saturated rings. The van der Waals surface area contributed by atoms with E-state index in [1.165, 1.54) is 6.08 Å². The number of hydrogen-bond donors (Lipinski definition) is 0. The molecule has 0 aliphatic rings. The van der Waals surface area contributed by atoms with Gasteiger partial charge >= 0.3 is 0 Å². The first kappa shape index (κ1) is 17.1. The normalized spacial score (nSPS) is 10.5. The summed E-state index contributed by atoms with van der Waals surface area (Å²) < 4.78 is 26.4. The fourth-order valence-electron chi connectivity index (χ4n) is 1.82. The molecule has 0 amide bonds. The Balaban J connectivity index is 2.36. The molecule has 0 N–H and O–H groups in total. The molecule has 23 heavy (non-hydrogen) atoms. The molecule has 0 unspecified atom stereocenters. The SMILES string of the molecule is C=CCN(C#Cc1ccc(Cl)cc1)S(=O)(=O)c1ccc(C)cc1. The third-order valence-electron chi connectivity index (χ3n) is 3.07. The van der Waals surface area contributed by atoms with Crippen molar-refractivity contribution in [1.82, 2.24) is 4.31 Å². The fourth-order valence-corrected chi connectivity index (χ4v) is 3.15. The van der Waals surface area contributed by atoms with Gasteiger partial charge in [-0.05, 0) is 49.2 Å². The van der Waals surface area contributed by atoms with Gasteiger partial charge in [-0.1, -0.05) is 35.4 Å². The Morgan fingerprint density at radius 2 is 1.74 bits per heavy atom. The Bertz CT molecular complexity index is 845. The van der Waals surface area contributed by atoms with Gasteiger partial charge in [0.25, 0.3) is 10.0 Å². The lowest BCUT2D eigenvalue weighted by molar-refractivity contribution is 0.533. The predicted molar refractivity (Wildman–Crippen MR) is 93.6 cm³/mol. The van der Waals surface area contributed by atoms with Gasteiger partial charge < -0.3 is 0 Å². The summed E-state index contributed by atoms with van der Waals surface area (Å²) in [6.07, 6.45) is 1.50. The number of halogens is 1. The summed E-state index contributed by atoms with van der Waals surface area (Å²) in [4.78, 5) is 0.204. The lowest BCUT2D eigenvalue weighted by Gasteiger charge is -2.16. The first-order chi connectivity index (χ1) is 10.9. The fraction of sp³-hybridized carbons (Fsp3) is 0.111. The van der Waals surface area contributed by atoms with Crippen LogP contribution in [0.1, 0.15) is 11.1 Å². The van der Waals surface area contributed by atoms with Crippen molar-refractivity contribution < 1.29 is 8.42 Å². The van der Waals surface area contributed by atoms with Gasteiger partial charge in [-0.3, -0.25) is 0 Å². The van der Waals surface area contributed by atoms with Gasteiger partial charge in [-0.2, -0.15) is 0 Å². The minimum atomic E-state index is -3.70. The third kappa shape index (κ3) is 4.38. The van der Waals surface area contributed by atoms with Crippen molar-refractivity contribution in [3.05, 3.63) is 77.3 Å². The van der Waals surface area contributed by atoms with Crippen molar-refractivity contribution in [2.75, 3.05) is 6.54 Å². The Labute approximate surface area is 142 Å². The van der Waals surface area contributed by atoms with Crippen LogP contribution in [0.3, 0.4) is 0 Å². The smallest absolute Gasteiger partial charge is 0.220 e. The van der Waals surface area contributed by atoms with Gasteiger partial charge in [0.1, 0.15) is 0 Å². The summed E-state index contributed by atoms with van der Waals surface area (Å²) in [7, 11) is -3.70. The summed E-state index contributed by atoms with van der Waals surface area (Å²) in [5, 5.41) is 0.603. The van der Waals surface area contributed by atoms with E-state index in [0.29, 0.717) is 10.6 Å². The van der Waals surface area contributed by atoms with E-state index >= 15 is 0 Å². The van der Waals surface area contributed by atoms with E-state index < -0.39 is 10.0 Å². The molecule has 0 saturated carbocycles. The highest BCUT2D eigenvalue weighted by Crippen LogP contribution is 2.16. The van der Waals surface area contributed by atoms with E-state index in [2.05, 4.69) is 18.5 Å². The molecule has 0 heterocycles. The predicted octanol–water partition coefficient (Wildman–Crippen LogP) is 3.83. The Kier molecular flexibility index (Phi) is 5.49. The van der Waals surface area contributed by atoms with E-state index in [-0.39, 0.29) is 11.4 Å². The second-order valence-corrected chi connectivity index (χ2v) is 7.18. The Morgan fingerprint density at radius 1 is 1.13 bits per heavy atom. The molecule has 3 nitrogen and oxygen atoms in total. The lowest BCUT2D eigenvalue weighted by atomic mass is 10.2. The van der Waals surface area contributed by atoms with Crippen LogP contribution in [0.4, 0.5) is 0 Å². The highest BCUT2D eigenvalue weighted by Gasteiger charge is 2.20. The van der Waals surface area contributed by atoms with E-state index in [1.807, 2.05) is 6.92 Å². The molecule has 2 rings (SSSR count). The van der Waals surface area contributed by atoms with Crippen LogP contribution >= 0.6 is 11.6 Å². The standard InChI is InChI=1S/C18H16ClNO2S/c1-3-13-20(14-12-16-6-8-17(19)9-7-16)23(21,22)18-10-4-15(2)5-11-18/h3-11H,1,13H2,2H3. The van der Waals surface area contributed by atoms with Crippen LogP contribution in [0.5, 0.6) is 0 Å². The topological polar surface area (TPSA) is 37.4 Å². The summed E-state index contributed by atoms with van der Waals surface area (Å²) >= 11 is 5.82. The van der Waals surface area contributed by atoms with E-state index in [9.17, 15) is 8.42 Å². The maximum atomic E-state index is 12.7. The van der Waals surface area contributed by atoms with Gasteiger partial charge in [-0.15, -0.1) is 6.58 Å². The molecule has 0 saturated heterocycles. The molecule has 0 atom stereocenters. The number of nitrogens with zero attached hydrogens (tertiary/aromatic N) is 1. The van der Waals surface area contributed by atoms with Gasteiger partial charge in [0.2, 0.25) is 0 Å². The van der Waals surface area contributed by atoms with Crippen molar-refractivity contribution in [2.45, 2.75) is 11.8 Å². The zero-order valence-corrected chi connectivity index (χ0v) is 14.2. The number of sulfonamides is 1. The molecule has 2 aromatic rings. The maximum absolute atomic E-state index is 12.7. The molecule has 0 aliphatic heterocycles. The van der Waals surface area contributed by atoms with Gasteiger partial charge in [0.15, 0.2) is 0 Å². The number of benzene rings is 2. The van der Waals surface area contributed by atoms with Crippen molar-refractivity contribution in [3.8, 4) is 12.0 Å². The zero-order chi connectivity index (χ0) is 16.9. The molecule has 0 aromatic heterocycles. The number of rotatable bonds is 4. The highest BCUT2D eigenvalue weighted by atomic mass is 35.5. The Morgan fingerprint density at radius 3 is 2.30 bits per heavy atom. The molecule has 0 spiro atoms. The lowest BCUT2D eigenvalue weighted by Crippen LogP contribution is -2.26. The molecule has 0 aliphatic carbocycles. The van der Waals surface area contributed by atoms with Crippen molar-refractivity contribution in [2.24, 2.45) is 0 Å². The Hall–Kier alpha value is -2.22. The first-order valence-corrected chi connectivity index (χ1v) is 8.73. The second-order valence-electron chi connectivity index (χ2n) is 4.88. The van der Waals surface area contributed by atoms with Crippen LogP contribution in [0, 0.1) is 18.9 Å². The minimum absolute atomic E-state index is 0.108. The van der Waals surface area contributed by atoms with E-state index in [1.54, 1.807) is 48.5 Å². The third-order valence-corrected chi connectivity index (χ3v) is 5.01. The largest absolute Gasteiger partial charge is 0.271 e. The zero-order valence-electron chi connectivity index (χ0n) is 12.7. The van der Waals surface area contributed by atoms with Crippen LogP contribution < -0.4 is 0 Å². The molecule has 0 radical (unpaired) electrons. The van der Waals surface area contributed by atoms with Crippen LogP contribution in [0.15, 0.2) is 66.1 Å². The monoisotopic (exact) mass is 345 g/mol. The average Bonchev–Trinajstić information content (AvgIpc) is 2.53. The van der Waals surface area contributed by atoms with Crippen molar-refractivity contribution in [3.63, 3.8) is 0 Å². The number of hydrogen-bond acceptors (Lipinski definition) is 2. The second kappa shape index (κ2) is 7.36. The molecule has 118 valence electrons. The van der Waals surface area contributed by atoms with Gasteiger partial charge in [-0.25, -0.2) is 12.7 Å². The first-order valence-electron chi connectivity index (χ1n) is 6.91. The summed E-state index contributed by atoms with van der Waals surface area (Å²) in [6.45, 7) is 5.61. The summed E-state index contributed by atoms with van der Waals surface area (Å²) in [6, 6.07) is 16.2. The van der Waals surface area contributed by atoms with Crippen molar-refractivity contribution in [1.29, 1.82) is 0 Å². The average molecular weight is 346 g/mol. The molecule has 0 bridgehead atoms. The van der Waals surface area contributed by atoms with Crippen molar-refractivity contribution >= 4 is 21.6 Å². The molecular weight excluding hydrogens is 330 g/mol. The minimum Gasteiger partial charge on any atom is -0.220 e. The van der Waals surface area contributed by atoms with Crippen LogP contribution in [-0.2, 0) is 10.0 Å². The van der Waals surface area contributed by atoms with E-state index in [4.69, 9.17) is 11.6 Å². The maximum Gasteiger partial charge on any atom is 0.271 e. The van der Waals surface area contributed by atoms with Crippen LogP contribution in [0.25, 0.3) is 0 Å². The van der Waals surface area contributed by atoms with Gasteiger partial charge in [0, 0.05) is 16.6 Å². The van der Waals surface area contributed by atoms with Crippen LogP contribution in [-0.4, -0.2) is 19.3 Å². The molecular formula is C18H16ClNO2S. The summed E-state index contributed by atoms with van der Waals surface area (Å²) in [5.74, 6) is 2.83. The molecule has 2 aromatic carbocycles. The quantitative estimate of drug-likeness (QED) is 0.479. The van der Waals surface area contributed by atoms with Gasteiger partial charge in [0.05, 0.1) is 11.4 Å². The summed E-state index contributed by atoms with van der Waals surface area (Å²) in [5.41, 5.74) is 1.68. The highest BCUT2D eigenvalue weighted by molar-refractivity contribution is 7.89. The van der Waals surface area contributed by atoms with Crippen LogP contribution in [0.2, 0.25) is 5.02 Å².